The van der Waals surface area contributed by atoms with Gasteiger partial charge in [0.15, 0.2) is 0 Å². The van der Waals surface area contributed by atoms with Crippen LogP contribution in [0.4, 0.5) is 4.79 Å². The Morgan fingerprint density at radius 2 is 1.67 bits per heavy atom. The Labute approximate surface area is 108 Å². The Hall–Kier alpha value is -1.39. The molecule has 0 spiro atoms. The van der Waals surface area contributed by atoms with Crippen molar-refractivity contribution in [3.63, 3.8) is 0 Å². The van der Waals surface area contributed by atoms with Gasteiger partial charge in [-0.1, -0.05) is 33.6 Å². The summed E-state index contributed by atoms with van der Waals surface area (Å²) in [6.07, 6.45) is 3.62. The van der Waals surface area contributed by atoms with Crippen LogP contribution >= 0.6 is 0 Å². The van der Waals surface area contributed by atoms with Gasteiger partial charge in [0.1, 0.15) is 5.41 Å². The lowest BCUT2D eigenvalue weighted by molar-refractivity contribution is -0.152. The van der Waals surface area contributed by atoms with E-state index in [1.807, 2.05) is 0 Å². The number of hydrogen-bond acceptors (Lipinski definition) is 3. The van der Waals surface area contributed by atoms with Gasteiger partial charge in [-0.2, -0.15) is 0 Å². The summed E-state index contributed by atoms with van der Waals surface area (Å²) in [6, 6.07) is -0.571. The molecular formula is C13H22N2O3. The molecule has 4 amide bonds. The molecule has 1 saturated heterocycles. The monoisotopic (exact) mass is 254 g/mol. The molecular weight excluding hydrogens is 232 g/mol. The van der Waals surface area contributed by atoms with Crippen molar-refractivity contribution in [3.05, 3.63) is 0 Å². The highest BCUT2D eigenvalue weighted by Crippen LogP contribution is 2.32. The van der Waals surface area contributed by atoms with Gasteiger partial charge in [0.25, 0.3) is 0 Å². The van der Waals surface area contributed by atoms with Gasteiger partial charge in [-0.25, -0.2) is 4.79 Å². The minimum absolute atomic E-state index is 0.336. The lowest BCUT2D eigenvalue weighted by atomic mass is 9.78. The van der Waals surface area contributed by atoms with Crippen molar-refractivity contribution in [3.8, 4) is 0 Å². The Morgan fingerprint density at radius 1 is 1.06 bits per heavy atom. The highest BCUT2D eigenvalue weighted by atomic mass is 16.2. The number of carbonyl (C=O) groups is 3. The lowest BCUT2D eigenvalue weighted by Crippen LogP contribution is -2.63. The van der Waals surface area contributed by atoms with Crippen LogP contribution in [0, 0.1) is 5.41 Å². The second-order valence-electron chi connectivity index (χ2n) is 4.71. The first-order chi connectivity index (χ1) is 8.53. The number of urea groups is 1. The number of hydrogen-bond donors (Lipinski definition) is 1. The van der Waals surface area contributed by atoms with E-state index < -0.39 is 17.4 Å². The summed E-state index contributed by atoms with van der Waals surface area (Å²) in [5.74, 6) is -0.786. The van der Waals surface area contributed by atoms with E-state index in [-0.39, 0.29) is 5.91 Å². The molecule has 1 rings (SSSR count). The fourth-order valence-corrected chi connectivity index (χ4v) is 2.33. The van der Waals surface area contributed by atoms with Gasteiger partial charge in [-0.15, -0.1) is 0 Å². The molecule has 0 aromatic rings. The fraction of sp³-hybridized carbons (Fsp3) is 0.769. The second kappa shape index (κ2) is 5.98. The van der Waals surface area contributed by atoms with Crippen LogP contribution in [0.3, 0.4) is 0 Å². The summed E-state index contributed by atoms with van der Waals surface area (Å²) >= 11 is 0. The average Bonchev–Trinajstić information content (AvgIpc) is 2.35. The molecule has 102 valence electrons. The van der Waals surface area contributed by atoms with Crippen LogP contribution in [0.25, 0.3) is 0 Å². The van der Waals surface area contributed by atoms with Crippen LogP contribution in [0.2, 0.25) is 0 Å². The zero-order valence-electron chi connectivity index (χ0n) is 11.4. The summed E-state index contributed by atoms with van der Waals surface area (Å²) in [7, 11) is 0. The SMILES string of the molecule is CCCCCN1C(=O)NC(=O)C(CC)(CC)C1=O. The summed E-state index contributed by atoms with van der Waals surface area (Å²) < 4.78 is 0. The van der Waals surface area contributed by atoms with Crippen LogP contribution in [0.1, 0.15) is 52.9 Å². The number of carbonyl (C=O) groups excluding carboxylic acids is 3. The molecule has 5 nitrogen and oxygen atoms in total. The average molecular weight is 254 g/mol. The number of unbranched alkanes of at least 4 members (excludes halogenated alkanes) is 2. The van der Waals surface area contributed by atoms with Crippen molar-refractivity contribution >= 4 is 17.8 Å². The van der Waals surface area contributed by atoms with Crippen LogP contribution in [0.5, 0.6) is 0 Å². The molecule has 0 radical (unpaired) electrons. The number of imide groups is 2. The van der Waals surface area contributed by atoms with Gasteiger partial charge >= 0.3 is 6.03 Å². The topological polar surface area (TPSA) is 66.5 Å². The van der Waals surface area contributed by atoms with E-state index in [1.165, 1.54) is 4.90 Å². The zero-order valence-corrected chi connectivity index (χ0v) is 11.4. The highest BCUT2D eigenvalue weighted by molar-refractivity contribution is 6.19. The van der Waals surface area contributed by atoms with E-state index in [1.54, 1.807) is 13.8 Å². The maximum Gasteiger partial charge on any atom is 0.330 e. The fourth-order valence-electron chi connectivity index (χ4n) is 2.33. The van der Waals surface area contributed by atoms with Crippen LogP contribution < -0.4 is 5.32 Å². The molecule has 1 N–H and O–H groups in total. The third kappa shape index (κ3) is 2.40. The number of amides is 4. The first-order valence-corrected chi connectivity index (χ1v) is 6.70. The summed E-state index contributed by atoms with van der Waals surface area (Å²) in [6.45, 7) is 6.07. The van der Waals surface area contributed by atoms with Crippen molar-refractivity contribution < 1.29 is 14.4 Å². The minimum atomic E-state index is -1.06. The van der Waals surface area contributed by atoms with Crippen molar-refractivity contribution in [1.82, 2.24) is 10.2 Å². The molecule has 1 aliphatic heterocycles. The maximum atomic E-state index is 12.4. The zero-order chi connectivity index (χ0) is 13.8. The molecule has 0 saturated carbocycles. The number of rotatable bonds is 6. The lowest BCUT2D eigenvalue weighted by Gasteiger charge is -2.38. The quantitative estimate of drug-likeness (QED) is 0.583. The molecule has 0 bridgehead atoms. The third-order valence-corrected chi connectivity index (χ3v) is 3.75. The standard InChI is InChI=1S/C13H22N2O3/c1-4-7-8-9-15-11(17)13(5-2,6-3)10(16)14-12(15)18/h4-9H2,1-3H3,(H,14,16,18). The smallest absolute Gasteiger partial charge is 0.277 e. The molecule has 0 aromatic heterocycles. The van der Waals surface area contributed by atoms with Gasteiger partial charge < -0.3 is 0 Å². The van der Waals surface area contributed by atoms with Crippen LogP contribution in [0.15, 0.2) is 0 Å². The van der Waals surface area contributed by atoms with E-state index in [0.29, 0.717) is 19.4 Å². The molecule has 1 heterocycles. The predicted octanol–water partition coefficient (Wildman–Crippen LogP) is 2.06. The van der Waals surface area contributed by atoms with Gasteiger partial charge in [0, 0.05) is 6.54 Å². The first-order valence-electron chi connectivity index (χ1n) is 6.70. The van der Waals surface area contributed by atoms with E-state index in [4.69, 9.17) is 0 Å². The number of barbiturate groups is 1. The predicted molar refractivity (Wildman–Crippen MR) is 67.8 cm³/mol. The van der Waals surface area contributed by atoms with E-state index in [0.717, 1.165) is 19.3 Å². The number of nitrogens with one attached hydrogen (secondary N) is 1. The molecule has 18 heavy (non-hydrogen) atoms. The number of nitrogens with zero attached hydrogens (tertiary/aromatic N) is 1. The third-order valence-electron chi connectivity index (χ3n) is 3.75. The molecule has 1 aliphatic rings. The van der Waals surface area contributed by atoms with Crippen molar-refractivity contribution in [2.24, 2.45) is 5.41 Å². The summed E-state index contributed by atoms with van der Waals surface area (Å²) in [5, 5.41) is 2.31. The van der Waals surface area contributed by atoms with Gasteiger partial charge in [0.2, 0.25) is 11.8 Å². The van der Waals surface area contributed by atoms with E-state index >= 15 is 0 Å². The molecule has 1 fully saturated rings. The Kier molecular flexibility index (Phi) is 4.87. The van der Waals surface area contributed by atoms with Crippen LogP contribution in [-0.4, -0.2) is 29.3 Å². The van der Waals surface area contributed by atoms with E-state index in [9.17, 15) is 14.4 Å². The Bertz CT molecular complexity index is 348. The highest BCUT2D eigenvalue weighted by Gasteiger charge is 2.51. The Morgan fingerprint density at radius 3 is 2.17 bits per heavy atom. The minimum Gasteiger partial charge on any atom is -0.277 e. The summed E-state index contributed by atoms with van der Waals surface area (Å²) in [4.78, 5) is 37.2. The molecule has 0 aliphatic carbocycles. The molecule has 0 atom stereocenters. The van der Waals surface area contributed by atoms with Gasteiger partial charge in [-0.05, 0) is 19.3 Å². The second-order valence-corrected chi connectivity index (χ2v) is 4.71. The van der Waals surface area contributed by atoms with Crippen LogP contribution in [-0.2, 0) is 9.59 Å². The normalized spacial score (nSPS) is 19.1. The van der Waals surface area contributed by atoms with Gasteiger partial charge in [-0.3, -0.25) is 19.8 Å². The molecule has 0 unspecified atom stereocenters. The van der Waals surface area contributed by atoms with Gasteiger partial charge in [0.05, 0.1) is 0 Å². The Balaban J connectivity index is 2.88. The molecule has 5 heteroatoms. The molecule has 0 aromatic carbocycles. The summed E-state index contributed by atoms with van der Waals surface area (Å²) in [5.41, 5.74) is -1.06. The largest absolute Gasteiger partial charge is 0.330 e. The first kappa shape index (κ1) is 14.7. The van der Waals surface area contributed by atoms with Crippen molar-refractivity contribution in [1.29, 1.82) is 0 Å². The maximum absolute atomic E-state index is 12.4. The van der Waals surface area contributed by atoms with Crippen molar-refractivity contribution in [2.45, 2.75) is 52.9 Å². The van der Waals surface area contributed by atoms with E-state index in [2.05, 4.69) is 12.2 Å². The van der Waals surface area contributed by atoms with Crippen molar-refractivity contribution in [2.75, 3.05) is 6.54 Å².